The zero-order chi connectivity index (χ0) is 16.4. The van der Waals surface area contributed by atoms with Gasteiger partial charge in [-0.3, -0.25) is 0 Å². The molecule has 1 fully saturated rings. The first kappa shape index (κ1) is 17.3. The van der Waals surface area contributed by atoms with Crippen LogP contribution in [-0.4, -0.2) is 35.2 Å². The van der Waals surface area contributed by atoms with Gasteiger partial charge in [0.05, 0.1) is 0 Å². The topological polar surface area (TPSA) is 41.6 Å². The van der Waals surface area contributed by atoms with Crippen molar-refractivity contribution < 1.29 is 9.53 Å². The minimum absolute atomic E-state index is 0.0937. The third kappa shape index (κ3) is 4.99. The van der Waals surface area contributed by atoms with Crippen LogP contribution >= 0.6 is 11.3 Å². The number of carbonyl (C=O) groups is 1. The Balaban J connectivity index is 1.81. The first-order chi connectivity index (χ1) is 10.2. The Morgan fingerprint density at radius 2 is 2.00 bits per heavy atom. The van der Waals surface area contributed by atoms with Crippen LogP contribution in [0.5, 0.6) is 0 Å². The van der Waals surface area contributed by atoms with Gasteiger partial charge in [-0.05, 0) is 59.6 Å². The Kier molecular flexibility index (Phi) is 5.17. The molecule has 0 spiro atoms. The molecule has 1 saturated heterocycles. The Hall–Kier alpha value is -1.07. The summed E-state index contributed by atoms with van der Waals surface area (Å²) >= 11 is 1.84. The molecule has 1 amide bonds. The molecule has 0 bridgehead atoms. The Bertz CT molecular complexity index is 511. The number of amides is 1. The summed E-state index contributed by atoms with van der Waals surface area (Å²) in [7, 11) is 0. The highest BCUT2D eigenvalue weighted by molar-refractivity contribution is 7.11. The quantitative estimate of drug-likeness (QED) is 0.916. The van der Waals surface area contributed by atoms with Crippen LogP contribution in [0.2, 0.25) is 0 Å². The zero-order valence-electron chi connectivity index (χ0n) is 14.4. The van der Waals surface area contributed by atoms with E-state index in [2.05, 4.69) is 31.3 Å². The Morgan fingerprint density at radius 1 is 1.36 bits per heavy atom. The van der Waals surface area contributed by atoms with Crippen LogP contribution < -0.4 is 5.32 Å². The summed E-state index contributed by atoms with van der Waals surface area (Å²) in [5.41, 5.74) is -0.330. The number of hydrogen-bond donors (Lipinski definition) is 1. The molecular weight excluding hydrogens is 296 g/mol. The molecule has 1 aromatic heterocycles. The molecule has 2 heterocycles. The summed E-state index contributed by atoms with van der Waals surface area (Å²) < 4.78 is 5.45. The van der Waals surface area contributed by atoms with Crippen molar-refractivity contribution in [3.05, 3.63) is 21.9 Å². The molecule has 0 unspecified atom stereocenters. The number of rotatable bonds is 3. The largest absolute Gasteiger partial charge is 0.444 e. The van der Waals surface area contributed by atoms with Gasteiger partial charge in [-0.15, -0.1) is 11.3 Å². The van der Waals surface area contributed by atoms with Crippen molar-refractivity contribution in [3.8, 4) is 0 Å². The van der Waals surface area contributed by atoms with Crippen LogP contribution in [0.25, 0.3) is 0 Å². The summed E-state index contributed by atoms with van der Waals surface area (Å²) in [5.74, 6) is 0. The monoisotopic (exact) mass is 324 g/mol. The fourth-order valence-corrected chi connectivity index (χ4v) is 3.40. The van der Waals surface area contributed by atoms with E-state index in [0.717, 1.165) is 32.5 Å². The highest BCUT2D eigenvalue weighted by Gasteiger charge is 2.33. The molecule has 22 heavy (non-hydrogen) atoms. The van der Waals surface area contributed by atoms with Crippen molar-refractivity contribution in [2.45, 2.75) is 65.1 Å². The fraction of sp³-hybridized carbons (Fsp3) is 0.706. The van der Waals surface area contributed by atoms with E-state index in [9.17, 15) is 4.79 Å². The molecule has 0 aromatic carbocycles. The second-order valence-corrected chi connectivity index (χ2v) is 8.77. The molecule has 1 aromatic rings. The molecule has 1 aliphatic heterocycles. The average Bonchev–Trinajstić information content (AvgIpc) is 2.81. The number of carbonyl (C=O) groups excluding carboxylic acids is 1. The van der Waals surface area contributed by atoms with E-state index in [1.807, 2.05) is 37.0 Å². The second kappa shape index (κ2) is 6.59. The summed E-state index contributed by atoms with van der Waals surface area (Å²) in [6.45, 7) is 12.5. The number of nitrogens with zero attached hydrogens (tertiary/aromatic N) is 1. The van der Waals surface area contributed by atoms with Gasteiger partial charge in [-0.2, -0.15) is 0 Å². The van der Waals surface area contributed by atoms with Gasteiger partial charge in [0, 0.05) is 34.9 Å². The van der Waals surface area contributed by atoms with Crippen LogP contribution in [0.3, 0.4) is 0 Å². The van der Waals surface area contributed by atoms with Crippen LogP contribution in [0.15, 0.2) is 12.1 Å². The molecule has 0 radical (unpaired) electrons. The van der Waals surface area contributed by atoms with Gasteiger partial charge < -0.3 is 15.0 Å². The molecule has 5 heteroatoms. The van der Waals surface area contributed by atoms with Crippen molar-refractivity contribution in [3.63, 3.8) is 0 Å². The number of hydrogen-bond acceptors (Lipinski definition) is 4. The van der Waals surface area contributed by atoms with Crippen LogP contribution in [0, 0.1) is 6.92 Å². The van der Waals surface area contributed by atoms with Gasteiger partial charge in [-0.25, -0.2) is 4.79 Å². The second-order valence-electron chi connectivity index (χ2n) is 7.39. The van der Waals surface area contributed by atoms with Crippen molar-refractivity contribution in [1.29, 1.82) is 0 Å². The van der Waals surface area contributed by atoms with Crippen molar-refractivity contribution >= 4 is 17.4 Å². The third-order valence-electron chi connectivity index (χ3n) is 4.00. The lowest BCUT2D eigenvalue weighted by atomic mass is 9.89. The molecule has 2 rings (SSSR count). The SMILES string of the molecule is Cc1ccc(CNC2(C)CCN(C(=O)OC(C)(C)C)CC2)s1. The number of aryl methyl sites for hydroxylation is 1. The Morgan fingerprint density at radius 3 is 2.50 bits per heavy atom. The van der Waals surface area contributed by atoms with E-state index in [1.54, 1.807) is 0 Å². The van der Waals surface area contributed by atoms with Gasteiger partial charge in [-0.1, -0.05) is 0 Å². The molecule has 0 saturated carbocycles. The average molecular weight is 324 g/mol. The standard InChI is InChI=1S/C17H28N2O2S/c1-13-6-7-14(22-13)12-18-17(5)8-10-19(11-9-17)15(20)21-16(2,3)4/h6-7,18H,8-12H2,1-5H3. The van der Waals surface area contributed by atoms with E-state index >= 15 is 0 Å². The molecule has 124 valence electrons. The maximum absolute atomic E-state index is 12.1. The lowest BCUT2D eigenvalue weighted by Gasteiger charge is -2.40. The van der Waals surface area contributed by atoms with Gasteiger partial charge >= 0.3 is 6.09 Å². The zero-order valence-corrected chi connectivity index (χ0v) is 15.2. The highest BCUT2D eigenvalue weighted by Crippen LogP contribution is 2.24. The van der Waals surface area contributed by atoms with E-state index in [-0.39, 0.29) is 11.6 Å². The van der Waals surface area contributed by atoms with Gasteiger partial charge in [0.2, 0.25) is 0 Å². The van der Waals surface area contributed by atoms with Crippen LogP contribution in [0.4, 0.5) is 4.79 Å². The maximum Gasteiger partial charge on any atom is 0.410 e. The number of thiophene rings is 1. The van der Waals surface area contributed by atoms with Crippen LogP contribution in [-0.2, 0) is 11.3 Å². The number of nitrogens with one attached hydrogen (secondary N) is 1. The Labute approximate surface area is 137 Å². The molecule has 4 nitrogen and oxygen atoms in total. The summed E-state index contributed by atoms with van der Waals surface area (Å²) in [5, 5.41) is 3.67. The smallest absolute Gasteiger partial charge is 0.410 e. The minimum atomic E-state index is -0.423. The normalized spacial score (nSPS) is 18.3. The van der Waals surface area contributed by atoms with Gasteiger partial charge in [0.25, 0.3) is 0 Å². The van der Waals surface area contributed by atoms with Crippen molar-refractivity contribution in [2.75, 3.05) is 13.1 Å². The number of ether oxygens (including phenoxy) is 1. The van der Waals surface area contributed by atoms with Gasteiger partial charge in [0.1, 0.15) is 5.60 Å². The van der Waals surface area contributed by atoms with E-state index < -0.39 is 5.60 Å². The molecular formula is C17H28N2O2S. The van der Waals surface area contributed by atoms with Crippen molar-refractivity contribution in [1.82, 2.24) is 10.2 Å². The summed E-state index contributed by atoms with van der Waals surface area (Å²) in [6, 6.07) is 4.35. The minimum Gasteiger partial charge on any atom is -0.444 e. The summed E-state index contributed by atoms with van der Waals surface area (Å²) in [4.78, 5) is 16.6. The predicted octanol–water partition coefficient (Wildman–Crippen LogP) is 3.94. The fourth-order valence-electron chi connectivity index (χ4n) is 2.57. The molecule has 0 aliphatic carbocycles. The predicted molar refractivity (Wildman–Crippen MR) is 91.3 cm³/mol. The number of piperidine rings is 1. The van der Waals surface area contributed by atoms with Crippen LogP contribution in [0.1, 0.15) is 50.3 Å². The first-order valence-corrected chi connectivity index (χ1v) is 8.77. The lowest BCUT2D eigenvalue weighted by Crippen LogP contribution is -2.52. The molecule has 1 aliphatic rings. The van der Waals surface area contributed by atoms with E-state index in [1.165, 1.54) is 9.75 Å². The first-order valence-electron chi connectivity index (χ1n) is 7.95. The summed E-state index contributed by atoms with van der Waals surface area (Å²) in [6.07, 6.45) is 1.72. The molecule has 1 N–H and O–H groups in total. The molecule has 0 atom stereocenters. The lowest BCUT2D eigenvalue weighted by molar-refractivity contribution is 0.0157. The highest BCUT2D eigenvalue weighted by atomic mass is 32.1. The van der Waals surface area contributed by atoms with Gasteiger partial charge in [0.15, 0.2) is 0 Å². The maximum atomic E-state index is 12.1. The van der Waals surface area contributed by atoms with E-state index in [0.29, 0.717) is 0 Å². The van der Waals surface area contributed by atoms with E-state index in [4.69, 9.17) is 4.74 Å². The third-order valence-corrected chi connectivity index (χ3v) is 5.00. The number of likely N-dealkylation sites (tertiary alicyclic amines) is 1. The van der Waals surface area contributed by atoms with Crippen molar-refractivity contribution in [2.24, 2.45) is 0 Å².